The number of unbranched alkanes of at least 4 members (excludes halogenated alkanes) is 3. The average molecular weight is 1080 g/mol. The molecule has 13 rings (SSSR count). The van der Waals surface area contributed by atoms with E-state index in [1.165, 1.54) is 98.2 Å². The predicted octanol–water partition coefficient (Wildman–Crippen LogP) is 18.3. The second-order valence-corrected chi connectivity index (χ2v) is 24.9. The lowest BCUT2D eigenvalue weighted by atomic mass is 9.61. The SMILES string of the molecule is C=CC1=CC=C(c2cc(C)c(OCCCCCCC3(C4C=CC=CC4)C4=CC(N(C5=CCC(c6ccc7c(c6)c6c(n7C7C=CC=CC7)=CCC(C7=CCC(C=C)C=C7)C=6)C=C5)C5C=CC=CC5)CCC4c4ccccc43)cc2C)CC1. The van der Waals surface area contributed by atoms with Crippen LogP contribution >= 0.6 is 0 Å². The first kappa shape index (κ1) is 53.9. The third-order valence-corrected chi connectivity index (χ3v) is 20.2. The molecule has 9 atom stereocenters. The maximum absolute atomic E-state index is 6.54. The van der Waals surface area contributed by atoms with Crippen LogP contribution in [0, 0.1) is 31.6 Å². The quantitative estimate of drug-likeness (QED) is 0.0730. The Bertz CT molecular complexity index is 3710. The molecule has 9 aliphatic carbocycles. The van der Waals surface area contributed by atoms with Gasteiger partial charge in [-0.15, -0.1) is 6.58 Å². The van der Waals surface area contributed by atoms with Crippen molar-refractivity contribution >= 4 is 28.6 Å². The van der Waals surface area contributed by atoms with E-state index in [1.807, 2.05) is 6.08 Å². The molecule has 9 aliphatic rings. The van der Waals surface area contributed by atoms with E-state index in [2.05, 4.69) is 237 Å². The highest BCUT2D eigenvalue weighted by Crippen LogP contribution is 2.61. The van der Waals surface area contributed by atoms with Crippen molar-refractivity contribution in [1.29, 1.82) is 0 Å². The van der Waals surface area contributed by atoms with Crippen molar-refractivity contribution in [2.75, 3.05) is 6.61 Å². The zero-order valence-electron chi connectivity index (χ0n) is 48.8. The van der Waals surface area contributed by atoms with Gasteiger partial charge in [0, 0.05) is 56.4 Å². The molecule has 9 unspecified atom stereocenters. The summed E-state index contributed by atoms with van der Waals surface area (Å²) in [5.74, 6) is 3.06. The summed E-state index contributed by atoms with van der Waals surface area (Å²) in [5.41, 5.74) is 17.0. The minimum atomic E-state index is -0.0324. The van der Waals surface area contributed by atoms with Gasteiger partial charge in [0.1, 0.15) is 5.75 Å². The monoisotopic (exact) mass is 1080 g/mol. The van der Waals surface area contributed by atoms with Gasteiger partial charge in [-0.1, -0.05) is 208 Å². The second-order valence-electron chi connectivity index (χ2n) is 24.9. The van der Waals surface area contributed by atoms with Crippen LogP contribution in [0.1, 0.15) is 148 Å². The van der Waals surface area contributed by atoms with Gasteiger partial charge in [-0.3, -0.25) is 0 Å². The fourth-order valence-electron chi connectivity index (χ4n) is 15.9. The summed E-state index contributed by atoms with van der Waals surface area (Å²) in [7, 11) is 0. The summed E-state index contributed by atoms with van der Waals surface area (Å²) in [6.07, 6.45) is 75.9. The molecule has 82 heavy (non-hydrogen) atoms. The highest BCUT2D eigenvalue weighted by atomic mass is 16.5. The number of fused-ring (bicyclic) bond motifs is 6. The van der Waals surface area contributed by atoms with Crippen LogP contribution in [0.25, 0.3) is 28.6 Å². The molecule has 0 N–H and O–H groups in total. The van der Waals surface area contributed by atoms with Crippen LogP contribution in [0.2, 0.25) is 0 Å². The number of hydrogen-bond donors (Lipinski definition) is 0. The van der Waals surface area contributed by atoms with Crippen molar-refractivity contribution in [2.45, 2.75) is 146 Å². The third-order valence-electron chi connectivity index (χ3n) is 20.2. The molecular weight excluding hydrogens is 993 g/mol. The molecule has 416 valence electrons. The van der Waals surface area contributed by atoms with E-state index in [0.29, 0.717) is 47.7 Å². The Morgan fingerprint density at radius 2 is 1.54 bits per heavy atom. The van der Waals surface area contributed by atoms with Crippen LogP contribution in [-0.2, 0) is 5.41 Å². The first-order valence-corrected chi connectivity index (χ1v) is 31.5. The maximum Gasteiger partial charge on any atom is 0.122 e. The van der Waals surface area contributed by atoms with Gasteiger partial charge in [0.2, 0.25) is 0 Å². The normalized spacial score (nSPS) is 27.5. The summed E-state index contributed by atoms with van der Waals surface area (Å²) in [6.45, 7) is 13.2. The number of allylic oxidation sites excluding steroid dienone is 24. The summed E-state index contributed by atoms with van der Waals surface area (Å²) in [5, 5.41) is 4.18. The minimum Gasteiger partial charge on any atom is -0.493 e. The van der Waals surface area contributed by atoms with Gasteiger partial charge in [-0.25, -0.2) is 0 Å². The number of benzene rings is 3. The van der Waals surface area contributed by atoms with E-state index in [1.54, 1.807) is 16.7 Å². The van der Waals surface area contributed by atoms with Gasteiger partial charge in [-0.05, 0) is 183 Å². The lowest BCUT2D eigenvalue weighted by molar-refractivity contribution is 0.222. The fourth-order valence-corrected chi connectivity index (χ4v) is 15.9. The molecule has 0 fully saturated rings. The van der Waals surface area contributed by atoms with Crippen LogP contribution in [0.5, 0.6) is 5.75 Å². The Kier molecular flexibility index (Phi) is 15.7. The molecule has 3 heteroatoms. The van der Waals surface area contributed by atoms with E-state index in [-0.39, 0.29) is 5.41 Å². The molecule has 0 radical (unpaired) electrons. The smallest absolute Gasteiger partial charge is 0.122 e. The highest BCUT2D eigenvalue weighted by molar-refractivity contribution is 5.84. The highest BCUT2D eigenvalue weighted by Gasteiger charge is 2.52. The van der Waals surface area contributed by atoms with Crippen molar-refractivity contribution in [3.05, 3.63) is 274 Å². The van der Waals surface area contributed by atoms with Gasteiger partial charge in [0.15, 0.2) is 0 Å². The largest absolute Gasteiger partial charge is 0.493 e. The van der Waals surface area contributed by atoms with Crippen LogP contribution in [0.4, 0.5) is 0 Å². The Morgan fingerprint density at radius 3 is 2.29 bits per heavy atom. The minimum absolute atomic E-state index is 0.0324. The maximum atomic E-state index is 6.54. The molecule has 1 aromatic heterocycles. The molecule has 4 aromatic rings. The predicted molar refractivity (Wildman–Crippen MR) is 347 cm³/mol. The van der Waals surface area contributed by atoms with E-state index < -0.39 is 0 Å². The molecule has 0 amide bonds. The van der Waals surface area contributed by atoms with E-state index in [4.69, 9.17) is 4.74 Å². The van der Waals surface area contributed by atoms with Crippen molar-refractivity contribution in [3.8, 4) is 5.75 Å². The number of hydrogen-bond acceptors (Lipinski definition) is 2. The van der Waals surface area contributed by atoms with Crippen molar-refractivity contribution < 1.29 is 4.74 Å². The molecule has 0 aliphatic heterocycles. The van der Waals surface area contributed by atoms with Gasteiger partial charge in [-0.2, -0.15) is 0 Å². The lowest BCUT2D eigenvalue weighted by Crippen LogP contribution is -2.44. The Morgan fingerprint density at radius 1 is 0.695 bits per heavy atom. The number of ether oxygens (including phenoxy) is 1. The van der Waals surface area contributed by atoms with E-state index >= 15 is 0 Å². The topological polar surface area (TPSA) is 17.4 Å². The summed E-state index contributed by atoms with van der Waals surface area (Å²) >= 11 is 0. The van der Waals surface area contributed by atoms with Crippen molar-refractivity contribution in [3.63, 3.8) is 0 Å². The van der Waals surface area contributed by atoms with Crippen LogP contribution in [-0.4, -0.2) is 28.2 Å². The Hall–Kier alpha value is -7.36. The van der Waals surface area contributed by atoms with Crippen LogP contribution in [0.3, 0.4) is 0 Å². The first-order chi connectivity index (χ1) is 40.4. The molecule has 0 saturated carbocycles. The number of nitrogens with zero attached hydrogens (tertiary/aromatic N) is 2. The first-order valence-electron chi connectivity index (χ1n) is 31.5. The number of aryl methyl sites for hydroxylation is 2. The zero-order valence-corrected chi connectivity index (χ0v) is 48.8. The summed E-state index contributed by atoms with van der Waals surface area (Å²) in [4.78, 5) is 2.84. The molecule has 3 nitrogen and oxygen atoms in total. The molecular formula is C79H84N2O. The van der Waals surface area contributed by atoms with Crippen LogP contribution < -0.4 is 15.3 Å². The molecule has 0 bridgehead atoms. The fraction of sp³-hybridized carbons (Fsp3) is 0.342. The van der Waals surface area contributed by atoms with Gasteiger partial charge < -0.3 is 14.2 Å². The number of rotatable bonds is 18. The van der Waals surface area contributed by atoms with Gasteiger partial charge in [0.25, 0.3) is 0 Å². The van der Waals surface area contributed by atoms with Gasteiger partial charge in [0.05, 0.1) is 18.7 Å². The summed E-state index contributed by atoms with van der Waals surface area (Å²) < 4.78 is 9.18. The van der Waals surface area contributed by atoms with Crippen molar-refractivity contribution in [1.82, 2.24) is 9.47 Å². The second kappa shape index (κ2) is 23.9. The Balaban J connectivity index is 0.753. The lowest BCUT2D eigenvalue weighted by Gasteiger charge is -2.46. The molecule has 1 heterocycles. The van der Waals surface area contributed by atoms with E-state index in [0.717, 1.165) is 76.6 Å². The summed E-state index contributed by atoms with van der Waals surface area (Å²) in [6, 6.07) is 22.6. The van der Waals surface area contributed by atoms with E-state index in [9.17, 15) is 0 Å². The zero-order chi connectivity index (χ0) is 55.6. The molecule has 0 saturated heterocycles. The third kappa shape index (κ3) is 10.4. The number of aromatic nitrogens is 1. The van der Waals surface area contributed by atoms with Crippen molar-refractivity contribution in [2.24, 2.45) is 17.8 Å². The molecule has 0 spiro atoms. The average Bonchev–Trinajstić information content (AvgIpc) is 2.19. The Labute approximate surface area is 489 Å². The molecule has 3 aromatic carbocycles. The van der Waals surface area contributed by atoms with Crippen LogP contribution in [0.15, 0.2) is 230 Å². The standard InChI is InChI=1S/C79H84N2O/c1-5-57-30-34-59(35-31-57)62-40-46-76-72(52-62)73-53-63(41-47-77(73)81(76)66-26-16-11-17-27-66)60-38-42-67(43-39-60)80(65-24-14-10-15-25-65)68-44-45-70-69-28-18-19-29-74(69)79(75(70)54-68,64-22-12-9-13-23-64)48-20-7-8-21-49-82-78-51-55(3)71(50-56(78)4)61-36-32-58(6-2)33-37-61/h5-6,9-19,22,24,26,28-30,32,34-36,38,41-43,46-47,50-54,57,60,62,64-66,68,70H,1-2,7-8,20-21,23,25,27,31,33,37,39-40,44-45,48-49H2,3-4H3. The van der Waals surface area contributed by atoms with Gasteiger partial charge >= 0.3 is 0 Å².